The van der Waals surface area contributed by atoms with E-state index in [1.165, 1.54) is 0 Å². The number of hydrogen-bond acceptors (Lipinski definition) is 3. The Hall–Kier alpha value is -1.26. The zero-order chi connectivity index (χ0) is 15.4. The first-order valence-corrected chi connectivity index (χ1v) is 7.75. The molecule has 5 heteroatoms. The summed E-state index contributed by atoms with van der Waals surface area (Å²) in [7, 11) is 0. The molecule has 1 atom stereocenters. The molecule has 1 aromatic rings. The Labute approximate surface area is 139 Å². The normalized spacial score (nSPS) is 16.1. The van der Waals surface area contributed by atoms with E-state index >= 15 is 0 Å². The molecule has 1 aliphatic rings. The van der Waals surface area contributed by atoms with Crippen molar-refractivity contribution in [3.05, 3.63) is 29.3 Å². The fourth-order valence-corrected chi connectivity index (χ4v) is 2.60. The molecule has 1 aliphatic heterocycles. The smallest absolute Gasteiger partial charge is 0.263 e. The molecule has 1 aromatic carbocycles. The molecule has 0 radical (unpaired) electrons. The molecule has 124 valence electrons. The van der Waals surface area contributed by atoms with Gasteiger partial charge >= 0.3 is 0 Å². The number of piperazine rings is 1. The molecule has 1 fully saturated rings. The zero-order valence-electron chi connectivity index (χ0n) is 13.9. The average molecular weight is 327 g/mol. The van der Waals surface area contributed by atoms with Crippen molar-refractivity contribution in [1.82, 2.24) is 10.2 Å². The number of carbonyl (C=O) groups excluding carboxylic acids is 1. The van der Waals surface area contributed by atoms with Crippen LogP contribution in [0.4, 0.5) is 0 Å². The minimum atomic E-state index is -0.442. The van der Waals surface area contributed by atoms with Crippen LogP contribution in [0.3, 0.4) is 0 Å². The molecule has 1 saturated heterocycles. The highest BCUT2D eigenvalue weighted by molar-refractivity contribution is 5.85. The summed E-state index contributed by atoms with van der Waals surface area (Å²) < 4.78 is 5.99. The Morgan fingerprint density at radius 2 is 1.86 bits per heavy atom. The molecule has 0 bridgehead atoms. The van der Waals surface area contributed by atoms with Crippen molar-refractivity contribution in [3.8, 4) is 5.75 Å². The van der Waals surface area contributed by atoms with Crippen LogP contribution in [0.2, 0.25) is 0 Å². The van der Waals surface area contributed by atoms with E-state index in [0.29, 0.717) is 5.92 Å². The summed E-state index contributed by atoms with van der Waals surface area (Å²) in [5.74, 6) is 1.29. The maximum absolute atomic E-state index is 12.4. The summed E-state index contributed by atoms with van der Waals surface area (Å²) in [5.41, 5.74) is 2.30. The highest BCUT2D eigenvalue weighted by atomic mass is 35.5. The monoisotopic (exact) mass is 326 g/mol. The molecule has 1 amide bonds. The first kappa shape index (κ1) is 18.8. The van der Waals surface area contributed by atoms with Crippen molar-refractivity contribution in [2.45, 2.75) is 39.7 Å². The predicted molar refractivity (Wildman–Crippen MR) is 92.1 cm³/mol. The Morgan fingerprint density at radius 3 is 2.45 bits per heavy atom. The second-order valence-corrected chi connectivity index (χ2v) is 6.03. The van der Waals surface area contributed by atoms with E-state index in [0.717, 1.165) is 43.1 Å². The minimum Gasteiger partial charge on any atom is -0.481 e. The third-order valence-electron chi connectivity index (χ3n) is 3.87. The highest BCUT2D eigenvalue weighted by Crippen LogP contribution is 2.28. The lowest BCUT2D eigenvalue weighted by atomic mass is 10.0. The van der Waals surface area contributed by atoms with Crippen LogP contribution in [-0.4, -0.2) is 43.1 Å². The van der Waals surface area contributed by atoms with Gasteiger partial charge < -0.3 is 15.0 Å². The van der Waals surface area contributed by atoms with Crippen molar-refractivity contribution in [2.24, 2.45) is 0 Å². The Morgan fingerprint density at radius 1 is 1.23 bits per heavy atom. The van der Waals surface area contributed by atoms with Gasteiger partial charge in [-0.3, -0.25) is 4.79 Å². The molecule has 22 heavy (non-hydrogen) atoms. The largest absolute Gasteiger partial charge is 0.481 e. The number of nitrogens with zero attached hydrogens (tertiary/aromatic N) is 1. The van der Waals surface area contributed by atoms with Gasteiger partial charge in [0, 0.05) is 26.2 Å². The summed E-state index contributed by atoms with van der Waals surface area (Å²) in [6, 6.07) is 6.21. The molecule has 1 N–H and O–H groups in total. The number of halogens is 1. The predicted octanol–water partition coefficient (Wildman–Crippen LogP) is 2.74. The fraction of sp³-hybridized carbons (Fsp3) is 0.588. The van der Waals surface area contributed by atoms with Crippen molar-refractivity contribution >= 4 is 18.3 Å². The van der Waals surface area contributed by atoms with Crippen LogP contribution < -0.4 is 10.1 Å². The number of aryl methyl sites for hydroxylation is 1. The molecule has 0 aliphatic carbocycles. The number of carbonyl (C=O) groups is 1. The lowest BCUT2D eigenvalue weighted by Crippen LogP contribution is -2.50. The zero-order valence-corrected chi connectivity index (χ0v) is 14.7. The Kier molecular flexibility index (Phi) is 7.17. The van der Waals surface area contributed by atoms with Gasteiger partial charge in [0.1, 0.15) is 5.75 Å². The lowest BCUT2D eigenvalue weighted by molar-refractivity contribution is -0.138. The summed E-state index contributed by atoms with van der Waals surface area (Å²) in [4.78, 5) is 14.3. The van der Waals surface area contributed by atoms with E-state index in [1.807, 2.05) is 24.8 Å². The first-order chi connectivity index (χ1) is 9.99. The van der Waals surface area contributed by atoms with Gasteiger partial charge in [0.2, 0.25) is 0 Å². The van der Waals surface area contributed by atoms with Gasteiger partial charge in [-0.25, -0.2) is 0 Å². The van der Waals surface area contributed by atoms with Crippen LogP contribution in [0.1, 0.15) is 37.8 Å². The number of nitrogens with one attached hydrogen (secondary N) is 1. The van der Waals surface area contributed by atoms with E-state index < -0.39 is 6.10 Å². The summed E-state index contributed by atoms with van der Waals surface area (Å²) in [6.07, 6.45) is -0.442. The van der Waals surface area contributed by atoms with Gasteiger partial charge in [0.25, 0.3) is 5.91 Å². The summed E-state index contributed by atoms with van der Waals surface area (Å²) in [5, 5.41) is 3.26. The standard InChI is InChI=1S/C17H26N2O2.ClH/c1-12(2)15-6-5-13(3)11-16(15)21-14(4)17(20)19-9-7-18-8-10-19;/h5-6,11-12,14,18H,7-10H2,1-4H3;1H. The van der Waals surface area contributed by atoms with Gasteiger partial charge in [0.15, 0.2) is 6.10 Å². The second kappa shape index (κ2) is 8.39. The highest BCUT2D eigenvalue weighted by Gasteiger charge is 2.24. The van der Waals surface area contributed by atoms with Crippen molar-refractivity contribution in [3.63, 3.8) is 0 Å². The van der Waals surface area contributed by atoms with Gasteiger partial charge in [-0.1, -0.05) is 26.0 Å². The molecular formula is C17H27ClN2O2. The van der Waals surface area contributed by atoms with Gasteiger partial charge in [-0.05, 0) is 37.0 Å². The number of ether oxygens (including phenoxy) is 1. The first-order valence-electron chi connectivity index (χ1n) is 7.75. The second-order valence-electron chi connectivity index (χ2n) is 6.03. The lowest BCUT2D eigenvalue weighted by Gasteiger charge is -2.30. The number of benzene rings is 1. The van der Waals surface area contributed by atoms with Crippen LogP contribution in [0, 0.1) is 6.92 Å². The molecule has 0 saturated carbocycles. The molecule has 1 heterocycles. The van der Waals surface area contributed by atoms with E-state index in [-0.39, 0.29) is 18.3 Å². The Bertz CT molecular complexity index is 499. The molecule has 2 rings (SSSR count). The summed E-state index contributed by atoms with van der Waals surface area (Å²) in [6.45, 7) is 11.4. The minimum absolute atomic E-state index is 0. The van der Waals surface area contributed by atoms with Crippen molar-refractivity contribution < 1.29 is 9.53 Å². The molecule has 4 nitrogen and oxygen atoms in total. The van der Waals surface area contributed by atoms with E-state index in [1.54, 1.807) is 0 Å². The van der Waals surface area contributed by atoms with E-state index in [2.05, 4.69) is 31.3 Å². The van der Waals surface area contributed by atoms with Crippen molar-refractivity contribution in [2.75, 3.05) is 26.2 Å². The topological polar surface area (TPSA) is 41.6 Å². The van der Waals surface area contributed by atoms with Crippen LogP contribution in [0.25, 0.3) is 0 Å². The van der Waals surface area contributed by atoms with E-state index in [9.17, 15) is 4.79 Å². The van der Waals surface area contributed by atoms with Crippen LogP contribution >= 0.6 is 12.4 Å². The SMILES string of the molecule is Cc1ccc(C(C)C)c(OC(C)C(=O)N2CCNCC2)c1.Cl. The molecule has 1 unspecified atom stereocenters. The molecule has 0 spiro atoms. The average Bonchev–Trinajstić information content (AvgIpc) is 2.47. The maximum Gasteiger partial charge on any atom is 0.263 e. The number of rotatable bonds is 4. The number of amides is 1. The third-order valence-corrected chi connectivity index (χ3v) is 3.87. The summed E-state index contributed by atoms with van der Waals surface area (Å²) >= 11 is 0. The van der Waals surface area contributed by atoms with Gasteiger partial charge in [-0.2, -0.15) is 0 Å². The van der Waals surface area contributed by atoms with Gasteiger partial charge in [0.05, 0.1) is 0 Å². The number of hydrogen-bond donors (Lipinski definition) is 1. The fourth-order valence-electron chi connectivity index (χ4n) is 2.60. The van der Waals surface area contributed by atoms with Gasteiger partial charge in [-0.15, -0.1) is 12.4 Å². The van der Waals surface area contributed by atoms with Crippen molar-refractivity contribution in [1.29, 1.82) is 0 Å². The Balaban J connectivity index is 0.00000242. The third kappa shape index (κ3) is 4.62. The maximum atomic E-state index is 12.4. The van der Waals surface area contributed by atoms with Crippen LogP contribution in [-0.2, 0) is 4.79 Å². The molecule has 0 aromatic heterocycles. The van der Waals surface area contributed by atoms with Crippen LogP contribution in [0.5, 0.6) is 5.75 Å². The van der Waals surface area contributed by atoms with Crippen LogP contribution in [0.15, 0.2) is 18.2 Å². The van der Waals surface area contributed by atoms with E-state index in [4.69, 9.17) is 4.74 Å². The molecular weight excluding hydrogens is 300 g/mol. The quantitative estimate of drug-likeness (QED) is 0.925.